The number of alkyl halides is 3. The number of nitrogens with one attached hydrogen (secondary N) is 1. The molecule has 1 fully saturated rings. The predicted molar refractivity (Wildman–Crippen MR) is 115 cm³/mol. The molecule has 1 saturated heterocycles. The Morgan fingerprint density at radius 2 is 1.59 bits per heavy atom. The fraction of sp³-hybridized carbons (Fsp3) is 0.417. The number of nitrogens with zero attached hydrogens (tertiary/aromatic N) is 1. The third kappa shape index (κ3) is 5.60. The summed E-state index contributed by atoms with van der Waals surface area (Å²) < 4.78 is 43.8. The van der Waals surface area contributed by atoms with Crippen molar-refractivity contribution in [3.05, 3.63) is 64.2 Å². The summed E-state index contributed by atoms with van der Waals surface area (Å²) in [6.07, 6.45) is -3.29. The number of hydrogen-bond donors (Lipinski definition) is 1. The van der Waals surface area contributed by atoms with Crippen LogP contribution in [-0.4, -0.2) is 42.5 Å². The molecule has 1 heterocycles. The summed E-state index contributed by atoms with van der Waals surface area (Å²) in [6.45, 7) is 6.63. The number of benzene rings is 2. The van der Waals surface area contributed by atoms with Gasteiger partial charge in [-0.05, 0) is 74.6 Å². The van der Waals surface area contributed by atoms with E-state index in [9.17, 15) is 22.8 Å². The molecular formula is C24H27F3N2O3. The van der Waals surface area contributed by atoms with Crippen molar-refractivity contribution in [1.82, 2.24) is 10.2 Å². The molecule has 0 saturated carbocycles. The van der Waals surface area contributed by atoms with E-state index in [-0.39, 0.29) is 30.0 Å². The van der Waals surface area contributed by atoms with Crippen LogP contribution in [0.5, 0.6) is 5.75 Å². The molecule has 0 spiro atoms. The van der Waals surface area contributed by atoms with Gasteiger partial charge in [0.2, 0.25) is 0 Å². The van der Waals surface area contributed by atoms with E-state index in [1.54, 1.807) is 4.90 Å². The molecule has 2 aromatic rings. The Balaban J connectivity index is 1.48. The van der Waals surface area contributed by atoms with Crippen LogP contribution in [0.15, 0.2) is 36.4 Å². The van der Waals surface area contributed by atoms with Crippen LogP contribution >= 0.6 is 0 Å². The second-order valence-corrected chi connectivity index (χ2v) is 8.15. The van der Waals surface area contributed by atoms with Gasteiger partial charge in [0.15, 0.2) is 6.61 Å². The standard InChI is InChI=1S/C24H27F3N2O3/c1-15-4-5-16(2)22(17(15)3)32-14-21(30)28-20-10-12-29(13-11-20)23(31)18-6-8-19(9-7-18)24(25,26)27/h4-9,20H,10-14H2,1-3H3,(H,28,30). The van der Waals surface area contributed by atoms with Gasteiger partial charge in [0.25, 0.3) is 11.8 Å². The first-order chi connectivity index (χ1) is 15.1. The van der Waals surface area contributed by atoms with Gasteiger partial charge < -0.3 is 15.0 Å². The van der Waals surface area contributed by atoms with Gasteiger partial charge >= 0.3 is 6.18 Å². The van der Waals surface area contributed by atoms with Crippen LogP contribution in [0.3, 0.4) is 0 Å². The normalized spacial score (nSPS) is 14.9. The van der Waals surface area contributed by atoms with Crippen LogP contribution in [0, 0.1) is 20.8 Å². The number of halogens is 3. The highest BCUT2D eigenvalue weighted by atomic mass is 19.4. The molecule has 3 rings (SSSR count). The zero-order chi connectivity index (χ0) is 23.5. The summed E-state index contributed by atoms with van der Waals surface area (Å²) in [5.41, 5.74) is 2.51. The molecule has 0 radical (unpaired) electrons. The number of aryl methyl sites for hydroxylation is 2. The van der Waals surface area contributed by atoms with Gasteiger partial charge in [0.1, 0.15) is 5.75 Å². The van der Waals surface area contributed by atoms with Crippen LogP contribution in [0.25, 0.3) is 0 Å². The van der Waals surface area contributed by atoms with Crippen molar-refractivity contribution in [1.29, 1.82) is 0 Å². The Hall–Kier alpha value is -3.03. The van der Waals surface area contributed by atoms with Crippen LogP contribution < -0.4 is 10.1 Å². The van der Waals surface area contributed by atoms with Gasteiger partial charge in [-0.25, -0.2) is 0 Å². The molecule has 8 heteroatoms. The molecule has 32 heavy (non-hydrogen) atoms. The van der Waals surface area contributed by atoms with Gasteiger partial charge in [-0.2, -0.15) is 13.2 Å². The summed E-state index contributed by atoms with van der Waals surface area (Å²) in [6, 6.07) is 8.12. The number of rotatable bonds is 5. The first kappa shape index (κ1) is 23.6. The van der Waals surface area contributed by atoms with Gasteiger partial charge in [-0.3, -0.25) is 9.59 Å². The highest BCUT2D eigenvalue weighted by molar-refractivity contribution is 5.94. The van der Waals surface area contributed by atoms with Crippen molar-refractivity contribution < 1.29 is 27.5 Å². The number of carbonyl (C=O) groups excluding carboxylic acids is 2. The van der Waals surface area contributed by atoms with Crippen LogP contribution in [0.4, 0.5) is 13.2 Å². The lowest BCUT2D eigenvalue weighted by atomic mass is 10.0. The molecule has 0 atom stereocenters. The summed E-state index contributed by atoms with van der Waals surface area (Å²) in [5.74, 6) is 0.187. The molecule has 172 valence electrons. The Bertz CT molecular complexity index is 979. The SMILES string of the molecule is Cc1ccc(C)c(OCC(=O)NC2CCN(C(=O)c3ccc(C(F)(F)F)cc3)CC2)c1C. The third-order valence-corrected chi connectivity index (χ3v) is 5.83. The molecule has 0 aliphatic carbocycles. The largest absolute Gasteiger partial charge is 0.483 e. The van der Waals surface area contributed by atoms with E-state index >= 15 is 0 Å². The van der Waals surface area contributed by atoms with Gasteiger partial charge in [-0.1, -0.05) is 12.1 Å². The molecule has 1 N–H and O–H groups in total. The fourth-order valence-electron chi connectivity index (χ4n) is 3.77. The van der Waals surface area contributed by atoms with E-state index in [0.717, 1.165) is 34.6 Å². The maximum atomic E-state index is 12.7. The molecule has 1 aliphatic rings. The monoisotopic (exact) mass is 448 g/mol. The minimum absolute atomic E-state index is 0.0811. The van der Waals surface area contributed by atoms with Gasteiger partial charge in [0, 0.05) is 24.7 Å². The Kier molecular flexibility index (Phi) is 7.11. The second-order valence-electron chi connectivity index (χ2n) is 8.15. The first-order valence-electron chi connectivity index (χ1n) is 10.5. The van der Waals surface area contributed by atoms with Gasteiger partial charge in [0.05, 0.1) is 5.56 Å². The predicted octanol–water partition coefficient (Wildman–Crippen LogP) is 4.43. The van der Waals surface area contributed by atoms with E-state index in [4.69, 9.17) is 4.74 Å². The molecule has 5 nitrogen and oxygen atoms in total. The van der Waals surface area contributed by atoms with Crippen molar-refractivity contribution in [3.8, 4) is 5.75 Å². The number of carbonyl (C=O) groups is 2. The Labute approximate surface area is 185 Å². The third-order valence-electron chi connectivity index (χ3n) is 5.83. The lowest BCUT2D eigenvalue weighted by Crippen LogP contribution is -2.47. The fourth-order valence-corrected chi connectivity index (χ4v) is 3.77. The Morgan fingerprint density at radius 3 is 2.19 bits per heavy atom. The smallest absolute Gasteiger partial charge is 0.416 e. The number of ether oxygens (including phenoxy) is 1. The number of likely N-dealkylation sites (tertiary alicyclic amines) is 1. The minimum atomic E-state index is -4.43. The highest BCUT2D eigenvalue weighted by Gasteiger charge is 2.31. The summed E-state index contributed by atoms with van der Waals surface area (Å²) in [5, 5.41) is 2.94. The quantitative estimate of drug-likeness (QED) is 0.736. The molecular weight excluding hydrogens is 421 g/mol. The number of hydrogen-bond acceptors (Lipinski definition) is 3. The van der Waals surface area contributed by atoms with Crippen LogP contribution in [0.2, 0.25) is 0 Å². The van der Waals surface area contributed by atoms with Crippen LogP contribution in [-0.2, 0) is 11.0 Å². The zero-order valence-electron chi connectivity index (χ0n) is 18.4. The molecule has 0 aromatic heterocycles. The van der Waals surface area contributed by atoms with Crippen molar-refractivity contribution in [2.24, 2.45) is 0 Å². The van der Waals surface area contributed by atoms with Crippen LogP contribution in [0.1, 0.15) is 45.5 Å². The number of amides is 2. The topological polar surface area (TPSA) is 58.6 Å². The second kappa shape index (κ2) is 9.63. The molecule has 0 bridgehead atoms. The molecule has 2 aromatic carbocycles. The van der Waals surface area contributed by atoms with Gasteiger partial charge in [-0.15, -0.1) is 0 Å². The van der Waals surface area contributed by atoms with Crippen molar-refractivity contribution >= 4 is 11.8 Å². The summed E-state index contributed by atoms with van der Waals surface area (Å²) >= 11 is 0. The zero-order valence-corrected chi connectivity index (χ0v) is 18.4. The molecule has 0 unspecified atom stereocenters. The maximum Gasteiger partial charge on any atom is 0.416 e. The first-order valence-corrected chi connectivity index (χ1v) is 10.5. The van der Waals surface area contributed by atoms with E-state index in [1.165, 1.54) is 12.1 Å². The van der Waals surface area contributed by atoms with E-state index in [1.807, 2.05) is 32.9 Å². The van der Waals surface area contributed by atoms with Crippen molar-refractivity contribution in [3.63, 3.8) is 0 Å². The molecule has 1 aliphatic heterocycles. The number of piperidine rings is 1. The lowest BCUT2D eigenvalue weighted by molar-refractivity contribution is -0.137. The van der Waals surface area contributed by atoms with E-state index in [0.29, 0.717) is 25.9 Å². The molecule has 2 amide bonds. The maximum absolute atomic E-state index is 12.7. The average Bonchev–Trinajstić information content (AvgIpc) is 2.76. The highest BCUT2D eigenvalue weighted by Crippen LogP contribution is 2.29. The Morgan fingerprint density at radius 1 is 1.00 bits per heavy atom. The average molecular weight is 448 g/mol. The van der Waals surface area contributed by atoms with Crippen molar-refractivity contribution in [2.75, 3.05) is 19.7 Å². The van der Waals surface area contributed by atoms with Crippen molar-refractivity contribution in [2.45, 2.75) is 45.8 Å². The van der Waals surface area contributed by atoms with E-state index < -0.39 is 11.7 Å². The van der Waals surface area contributed by atoms with E-state index in [2.05, 4.69) is 5.32 Å². The summed E-state index contributed by atoms with van der Waals surface area (Å²) in [4.78, 5) is 26.5. The lowest BCUT2D eigenvalue weighted by Gasteiger charge is -2.32. The minimum Gasteiger partial charge on any atom is -0.483 e. The summed E-state index contributed by atoms with van der Waals surface area (Å²) in [7, 11) is 0.